The van der Waals surface area contributed by atoms with E-state index in [1.165, 1.54) is 12.8 Å². The molecule has 0 aromatic carbocycles. The van der Waals surface area contributed by atoms with E-state index in [-0.39, 0.29) is 0 Å². The first-order chi connectivity index (χ1) is 4.93. The Balaban J connectivity index is 2.63. The summed E-state index contributed by atoms with van der Waals surface area (Å²) in [6.07, 6.45) is 2.84. The van der Waals surface area contributed by atoms with E-state index >= 15 is 0 Å². The maximum atomic E-state index is 2.42. The maximum absolute atomic E-state index is 2.42. The van der Waals surface area contributed by atoms with Crippen molar-refractivity contribution in [1.29, 1.82) is 0 Å². The van der Waals surface area contributed by atoms with Crippen molar-refractivity contribution < 1.29 is 0 Å². The van der Waals surface area contributed by atoms with Crippen molar-refractivity contribution in [3.8, 4) is 0 Å². The van der Waals surface area contributed by atoms with Gasteiger partial charge in [-0.15, -0.1) is 0 Å². The molecular weight excluding hydrogens is 132 g/mol. The lowest BCUT2D eigenvalue weighted by Crippen LogP contribution is -2.33. The standard InChI is InChI=1S/C11H22/c1-8-6-10(3)11(4,5)7-9(8)2/h8-10H,6-7H2,1-5H3. The fourth-order valence-electron chi connectivity index (χ4n) is 2.34. The van der Waals surface area contributed by atoms with Gasteiger partial charge in [0.05, 0.1) is 0 Å². The Bertz CT molecular complexity index is 135. The van der Waals surface area contributed by atoms with Crippen LogP contribution in [0.2, 0.25) is 0 Å². The summed E-state index contributed by atoms with van der Waals surface area (Å²) in [5.74, 6) is 2.79. The van der Waals surface area contributed by atoms with Gasteiger partial charge >= 0.3 is 0 Å². The van der Waals surface area contributed by atoms with Crippen molar-refractivity contribution in [2.75, 3.05) is 0 Å². The maximum Gasteiger partial charge on any atom is -0.0326 e. The van der Waals surface area contributed by atoms with Gasteiger partial charge in [0.2, 0.25) is 0 Å². The van der Waals surface area contributed by atoms with Crippen molar-refractivity contribution in [3.63, 3.8) is 0 Å². The van der Waals surface area contributed by atoms with Crippen LogP contribution >= 0.6 is 0 Å². The van der Waals surface area contributed by atoms with Gasteiger partial charge in [-0.25, -0.2) is 0 Å². The molecule has 1 rings (SSSR count). The van der Waals surface area contributed by atoms with E-state index in [0.717, 1.165) is 17.8 Å². The summed E-state index contributed by atoms with van der Waals surface area (Å²) in [6, 6.07) is 0. The summed E-state index contributed by atoms with van der Waals surface area (Å²) >= 11 is 0. The molecule has 0 radical (unpaired) electrons. The van der Waals surface area contributed by atoms with Crippen LogP contribution in [0, 0.1) is 23.2 Å². The monoisotopic (exact) mass is 154 g/mol. The zero-order chi connectivity index (χ0) is 8.65. The second-order valence-corrected chi connectivity index (χ2v) is 5.28. The molecule has 0 aliphatic heterocycles. The van der Waals surface area contributed by atoms with Crippen LogP contribution in [0.15, 0.2) is 0 Å². The lowest BCUT2D eigenvalue weighted by atomic mass is 9.63. The summed E-state index contributed by atoms with van der Waals surface area (Å²) in [7, 11) is 0. The third-order valence-corrected chi connectivity index (χ3v) is 3.88. The second-order valence-electron chi connectivity index (χ2n) is 5.28. The Labute approximate surface area is 71.4 Å². The first-order valence-electron chi connectivity index (χ1n) is 4.93. The van der Waals surface area contributed by atoms with Gasteiger partial charge in [0.1, 0.15) is 0 Å². The number of hydrogen-bond donors (Lipinski definition) is 0. The second kappa shape index (κ2) is 2.80. The molecule has 3 atom stereocenters. The molecule has 0 aromatic rings. The van der Waals surface area contributed by atoms with Crippen LogP contribution in [0.3, 0.4) is 0 Å². The van der Waals surface area contributed by atoms with E-state index in [1.54, 1.807) is 0 Å². The predicted molar refractivity (Wildman–Crippen MR) is 50.5 cm³/mol. The van der Waals surface area contributed by atoms with Crippen LogP contribution in [-0.2, 0) is 0 Å². The van der Waals surface area contributed by atoms with E-state index in [9.17, 15) is 0 Å². The van der Waals surface area contributed by atoms with Gasteiger partial charge in [-0.2, -0.15) is 0 Å². The molecular formula is C11H22. The Morgan fingerprint density at radius 1 is 1.00 bits per heavy atom. The molecule has 0 spiro atoms. The summed E-state index contributed by atoms with van der Waals surface area (Å²) in [5.41, 5.74) is 0.589. The first-order valence-corrected chi connectivity index (χ1v) is 4.93. The highest BCUT2D eigenvalue weighted by Crippen LogP contribution is 2.45. The summed E-state index contributed by atoms with van der Waals surface area (Å²) in [4.78, 5) is 0. The van der Waals surface area contributed by atoms with Gasteiger partial charge in [0.15, 0.2) is 0 Å². The Kier molecular flexibility index (Phi) is 2.32. The third kappa shape index (κ3) is 1.77. The highest BCUT2D eigenvalue weighted by Gasteiger charge is 2.35. The molecule has 1 aliphatic rings. The zero-order valence-corrected chi connectivity index (χ0v) is 8.65. The molecule has 0 N–H and O–H groups in total. The van der Waals surface area contributed by atoms with Crippen molar-refractivity contribution in [1.82, 2.24) is 0 Å². The van der Waals surface area contributed by atoms with Gasteiger partial charge < -0.3 is 0 Å². The van der Waals surface area contributed by atoms with Gasteiger partial charge in [-0.05, 0) is 36.0 Å². The van der Waals surface area contributed by atoms with Crippen LogP contribution in [0.1, 0.15) is 47.5 Å². The SMILES string of the molecule is CC1CC(C)C(C)(C)CC1C. The van der Waals surface area contributed by atoms with E-state index in [4.69, 9.17) is 0 Å². The molecule has 1 aliphatic carbocycles. The molecule has 11 heavy (non-hydrogen) atoms. The molecule has 0 heteroatoms. The summed E-state index contributed by atoms with van der Waals surface area (Å²) in [6.45, 7) is 12.0. The van der Waals surface area contributed by atoms with Crippen LogP contribution < -0.4 is 0 Å². The molecule has 0 heterocycles. The Morgan fingerprint density at radius 3 is 2.00 bits per heavy atom. The van der Waals surface area contributed by atoms with E-state index in [2.05, 4.69) is 34.6 Å². The molecule has 0 saturated heterocycles. The molecule has 0 amide bonds. The first kappa shape index (κ1) is 9.09. The lowest BCUT2D eigenvalue weighted by Gasteiger charge is -2.43. The van der Waals surface area contributed by atoms with Crippen molar-refractivity contribution in [2.24, 2.45) is 23.2 Å². The van der Waals surface area contributed by atoms with E-state index < -0.39 is 0 Å². The van der Waals surface area contributed by atoms with Crippen LogP contribution in [0.5, 0.6) is 0 Å². The molecule has 0 bridgehead atoms. The van der Waals surface area contributed by atoms with Crippen molar-refractivity contribution in [3.05, 3.63) is 0 Å². The fourth-order valence-corrected chi connectivity index (χ4v) is 2.34. The lowest BCUT2D eigenvalue weighted by molar-refractivity contribution is 0.0733. The zero-order valence-electron chi connectivity index (χ0n) is 8.65. The topological polar surface area (TPSA) is 0 Å². The van der Waals surface area contributed by atoms with Gasteiger partial charge in [0, 0.05) is 0 Å². The minimum absolute atomic E-state index is 0.589. The highest BCUT2D eigenvalue weighted by molar-refractivity contribution is 4.85. The molecule has 0 nitrogen and oxygen atoms in total. The average Bonchev–Trinajstić information content (AvgIpc) is 1.83. The average molecular weight is 154 g/mol. The van der Waals surface area contributed by atoms with Crippen molar-refractivity contribution in [2.45, 2.75) is 47.5 Å². The fraction of sp³-hybridized carbons (Fsp3) is 1.00. The molecule has 1 fully saturated rings. The van der Waals surface area contributed by atoms with Crippen LogP contribution in [0.4, 0.5) is 0 Å². The molecule has 0 aromatic heterocycles. The van der Waals surface area contributed by atoms with Crippen LogP contribution in [-0.4, -0.2) is 0 Å². The van der Waals surface area contributed by atoms with Gasteiger partial charge in [-0.1, -0.05) is 34.6 Å². The Hall–Kier alpha value is 0. The van der Waals surface area contributed by atoms with Gasteiger partial charge in [-0.3, -0.25) is 0 Å². The highest BCUT2D eigenvalue weighted by atomic mass is 14.4. The Morgan fingerprint density at radius 2 is 1.55 bits per heavy atom. The minimum Gasteiger partial charge on any atom is -0.0622 e. The normalized spacial score (nSPS) is 43.9. The summed E-state index contributed by atoms with van der Waals surface area (Å²) in [5, 5.41) is 0. The van der Waals surface area contributed by atoms with E-state index in [1.807, 2.05) is 0 Å². The predicted octanol–water partition coefficient (Wildman–Crippen LogP) is 3.71. The number of rotatable bonds is 0. The van der Waals surface area contributed by atoms with Gasteiger partial charge in [0.25, 0.3) is 0 Å². The third-order valence-electron chi connectivity index (χ3n) is 3.88. The quantitative estimate of drug-likeness (QED) is 0.499. The largest absolute Gasteiger partial charge is 0.0622 e. The summed E-state index contributed by atoms with van der Waals surface area (Å²) < 4.78 is 0. The molecule has 1 saturated carbocycles. The molecule has 3 unspecified atom stereocenters. The van der Waals surface area contributed by atoms with Crippen molar-refractivity contribution >= 4 is 0 Å². The minimum atomic E-state index is 0.589. The van der Waals surface area contributed by atoms with E-state index in [0.29, 0.717) is 5.41 Å². The molecule has 66 valence electrons. The van der Waals surface area contributed by atoms with Crippen LogP contribution in [0.25, 0.3) is 0 Å². The number of hydrogen-bond acceptors (Lipinski definition) is 0. The smallest absolute Gasteiger partial charge is 0.0326 e.